The monoisotopic (exact) mass is 332 g/mol. The highest BCUT2D eigenvalue weighted by molar-refractivity contribution is 6.04. The van der Waals surface area contributed by atoms with Gasteiger partial charge >= 0.3 is 0 Å². The lowest BCUT2D eigenvalue weighted by atomic mass is 10.1. The number of hydrogen-bond acceptors (Lipinski definition) is 4. The first-order valence-corrected chi connectivity index (χ1v) is 8.09. The lowest BCUT2D eigenvalue weighted by molar-refractivity contribution is 0.102. The van der Waals surface area contributed by atoms with Gasteiger partial charge in [-0.3, -0.25) is 9.78 Å². The van der Waals surface area contributed by atoms with Gasteiger partial charge in [0, 0.05) is 24.5 Å². The average Bonchev–Trinajstić information content (AvgIpc) is 2.64. The second kappa shape index (κ2) is 7.57. The molecule has 126 valence electrons. The van der Waals surface area contributed by atoms with E-state index in [4.69, 9.17) is 0 Å². The molecule has 0 aliphatic rings. The second-order valence-electron chi connectivity index (χ2n) is 5.90. The maximum Gasteiger partial charge on any atom is 0.255 e. The Balaban J connectivity index is 1.60. The largest absolute Gasteiger partial charge is 0.366 e. The standard InChI is InChI=1S/C20H20N4O/c1-14-5-6-17(10-15(14)2)20(25)24-18-7-8-19(23-13-18)22-12-16-4-3-9-21-11-16/h3-11,13H,12H2,1-2H3,(H,22,23)(H,24,25). The molecular formula is C20H20N4O. The van der Waals surface area contributed by atoms with Crippen molar-refractivity contribution in [1.82, 2.24) is 9.97 Å². The highest BCUT2D eigenvalue weighted by Crippen LogP contribution is 2.14. The number of benzene rings is 1. The molecule has 5 nitrogen and oxygen atoms in total. The molecule has 0 saturated heterocycles. The molecule has 0 bridgehead atoms. The van der Waals surface area contributed by atoms with E-state index < -0.39 is 0 Å². The van der Waals surface area contributed by atoms with Crippen LogP contribution in [0.2, 0.25) is 0 Å². The zero-order chi connectivity index (χ0) is 17.6. The molecule has 1 aromatic carbocycles. The predicted octanol–water partition coefficient (Wildman–Crippen LogP) is 3.96. The number of hydrogen-bond donors (Lipinski definition) is 2. The van der Waals surface area contributed by atoms with Gasteiger partial charge in [-0.2, -0.15) is 0 Å². The summed E-state index contributed by atoms with van der Waals surface area (Å²) in [5, 5.41) is 6.09. The number of carbonyl (C=O) groups excluding carboxylic acids is 1. The van der Waals surface area contributed by atoms with Gasteiger partial charge in [-0.25, -0.2) is 4.98 Å². The third-order valence-corrected chi connectivity index (χ3v) is 3.99. The number of aromatic nitrogens is 2. The molecule has 2 heterocycles. The zero-order valence-corrected chi connectivity index (χ0v) is 14.3. The Hall–Kier alpha value is -3.21. The minimum atomic E-state index is -0.138. The summed E-state index contributed by atoms with van der Waals surface area (Å²) >= 11 is 0. The molecule has 0 radical (unpaired) electrons. The fraction of sp³-hybridized carbons (Fsp3) is 0.150. The van der Waals surface area contributed by atoms with E-state index in [9.17, 15) is 4.79 Å². The summed E-state index contributed by atoms with van der Waals surface area (Å²) in [6, 6.07) is 13.2. The number of nitrogens with zero attached hydrogens (tertiary/aromatic N) is 2. The molecule has 0 atom stereocenters. The topological polar surface area (TPSA) is 66.9 Å². The van der Waals surface area contributed by atoms with Gasteiger partial charge in [-0.05, 0) is 60.9 Å². The highest BCUT2D eigenvalue weighted by Gasteiger charge is 2.07. The fourth-order valence-corrected chi connectivity index (χ4v) is 2.35. The number of nitrogens with one attached hydrogen (secondary N) is 2. The van der Waals surface area contributed by atoms with Crippen LogP contribution in [-0.4, -0.2) is 15.9 Å². The number of aryl methyl sites for hydroxylation is 2. The van der Waals surface area contributed by atoms with E-state index in [-0.39, 0.29) is 5.91 Å². The highest BCUT2D eigenvalue weighted by atomic mass is 16.1. The minimum Gasteiger partial charge on any atom is -0.366 e. The molecule has 0 saturated carbocycles. The van der Waals surface area contributed by atoms with Gasteiger partial charge < -0.3 is 10.6 Å². The molecule has 0 fully saturated rings. The van der Waals surface area contributed by atoms with Crippen molar-refractivity contribution >= 4 is 17.4 Å². The van der Waals surface area contributed by atoms with Gasteiger partial charge in [0.05, 0.1) is 11.9 Å². The van der Waals surface area contributed by atoms with E-state index in [1.165, 1.54) is 5.56 Å². The summed E-state index contributed by atoms with van der Waals surface area (Å²) < 4.78 is 0. The van der Waals surface area contributed by atoms with Crippen LogP contribution in [0.4, 0.5) is 11.5 Å². The van der Waals surface area contributed by atoms with Gasteiger partial charge in [0.25, 0.3) is 5.91 Å². The smallest absolute Gasteiger partial charge is 0.255 e. The van der Waals surface area contributed by atoms with Gasteiger partial charge in [0.2, 0.25) is 0 Å². The molecule has 0 spiro atoms. The first-order valence-electron chi connectivity index (χ1n) is 8.09. The maximum atomic E-state index is 12.3. The van der Waals surface area contributed by atoms with Crippen LogP contribution in [-0.2, 0) is 6.54 Å². The van der Waals surface area contributed by atoms with Crippen LogP contribution in [0.1, 0.15) is 27.0 Å². The molecule has 2 aromatic heterocycles. The summed E-state index contributed by atoms with van der Waals surface area (Å²) in [4.78, 5) is 20.7. The van der Waals surface area contributed by atoms with E-state index >= 15 is 0 Å². The van der Waals surface area contributed by atoms with Crippen molar-refractivity contribution in [3.63, 3.8) is 0 Å². The first-order chi connectivity index (χ1) is 12.1. The van der Waals surface area contributed by atoms with E-state index in [0.717, 1.165) is 16.9 Å². The van der Waals surface area contributed by atoms with Crippen LogP contribution in [0.15, 0.2) is 61.1 Å². The normalized spacial score (nSPS) is 10.3. The van der Waals surface area contributed by atoms with Gasteiger partial charge in [-0.15, -0.1) is 0 Å². The van der Waals surface area contributed by atoms with Crippen molar-refractivity contribution in [2.75, 3.05) is 10.6 Å². The van der Waals surface area contributed by atoms with Gasteiger partial charge in [0.15, 0.2) is 0 Å². The summed E-state index contributed by atoms with van der Waals surface area (Å²) in [6.07, 6.45) is 5.20. The Morgan fingerprint density at radius 3 is 2.60 bits per heavy atom. The molecule has 0 unspecified atom stereocenters. The van der Waals surface area contributed by atoms with Gasteiger partial charge in [-0.1, -0.05) is 12.1 Å². The minimum absolute atomic E-state index is 0.138. The maximum absolute atomic E-state index is 12.3. The molecular weight excluding hydrogens is 312 g/mol. The molecule has 5 heteroatoms. The van der Waals surface area contributed by atoms with Crippen LogP contribution < -0.4 is 10.6 Å². The Labute approximate surface area is 147 Å². The Kier molecular flexibility index (Phi) is 5.04. The predicted molar refractivity (Wildman–Crippen MR) is 99.7 cm³/mol. The molecule has 3 rings (SSSR count). The summed E-state index contributed by atoms with van der Waals surface area (Å²) in [7, 11) is 0. The Morgan fingerprint density at radius 1 is 1.04 bits per heavy atom. The molecule has 1 amide bonds. The van der Waals surface area contributed by atoms with Crippen LogP contribution in [0.5, 0.6) is 0 Å². The van der Waals surface area contributed by atoms with Crippen molar-refractivity contribution in [2.45, 2.75) is 20.4 Å². The summed E-state index contributed by atoms with van der Waals surface area (Å²) in [6.45, 7) is 4.67. The lowest BCUT2D eigenvalue weighted by Gasteiger charge is -2.09. The molecule has 0 aliphatic carbocycles. The van der Waals surface area contributed by atoms with Crippen LogP contribution in [0.25, 0.3) is 0 Å². The quantitative estimate of drug-likeness (QED) is 0.742. The summed E-state index contributed by atoms with van der Waals surface area (Å²) in [5.74, 6) is 0.606. The van der Waals surface area contributed by atoms with E-state index in [0.29, 0.717) is 17.8 Å². The fourth-order valence-electron chi connectivity index (χ4n) is 2.35. The van der Waals surface area contributed by atoms with Crippen LogP contribution in [0.3, 0.4) is 0 Å². The van der Waals surface area contributed by atoms with Crippen molar-refractivity contribution in [1.29, 1.82) is 0 Å². The van der Waals surface area contributed by atoms with Crippen LogP contribution in [0, 0.1) is 13.8 Å². The second-order valence-corrected chi connectivity index (χ2v) is 5.90. The zero-order valence-electron chi connectivity index (χ0n) is 14.3. The van der Waals surface area contributed by atoms with Gasteiger partial charge in [0.1, 0.15) is 5.82 Å². The molecule has 25 heavy (non-hydrogen) atoms. The number of pyridine rings is 2. The molecule has 3 aromatic rings. The van der Waals surface area contributed by atoms with Crippen LogP contribution >= 0.6 is 0 Å². The lowest BCUT2D eigenvalue weighted by Crippen LogP contribution is -2.12. The van der Waals surface area contributed by atoms with E-state index in [1.54, 1.807) is 12.4 Å². The third-order valence-electron chi connectivity index (χ3n) is 3.99. The number of anilines is 2. The first kappa shape index (κ1) is 16.6. The van der Waals surface area contributed by atoms with E-state index in [1.807, 2.05) is 62.5 Å². The number of amides is 1. The Bertz CT molecular complexity index is 861. The summed E-state index contributed by atoms with van der Waals surface area (Å²) in [5.41, 5.74) is 4.65. The Morgan fingerprint density at radius 2 is 1.92 bits per heavy atom. The SMILES string of the molecule is Cc1ccc(C(=O)Nc2ccc(NCc3cccnc3)nc2)cc1C. The number of rotatable bonds is 5. The van der Waals surface area contributed by atoms with Crippen molar-refractivity contribution in [2.24, 2.45) is 0 Å². The average molecular weight is 332 g/mol. The molecule has 0 aliphatic heterocycles. The third kappa shape index (κ3) is 4.41. The molecule has 2 N–H and O–H groups in total. The van der Waals surface area contributed by atoms with E-state index in [2.05, 4.69) is 20.6 Å². The van der Waals surface area contributed by atoms with Crippen molar-refractivity contribution in [3.8, 4) is 0 Å². The number of carbonyl (C=O) groups is 1. The van der Waals surface area contributed by atoms with Crippen molar-refractivity contribution < 1.29 is 4.79 Å². The van der Waals surface area contributed by atoms with Crippen molar-refractivity contribution in [3.05, 3.63) is 83.3 Å².